The van der Waals surface area contributed by atoms with E-state index in [9.17, 15) is 14.0 Å². The van der Waals surface area contributed by atoms with Crippen LogP contribution in [-0.4, -0.2) is 60.2 Å². The monoisotopic (exact) mass is 427 g/mol. The summed E-state index contributed by atoms with van der Waals surface area (Å²) in [6, 6.07) is 3.10. The molecule has 0 unspecified atom stereocenters. The molecular weight excluding hydrogens is 405 g/mol. The van der Waals surface area contributed by atoms with Crippen molar-refractivity contribution in [1.29, 1.82) is 0 Å². The van der Waals surface area contributed by atoms with Gasteiger partial charge >= 0.3 is 0 Å². The zero-order valence-corrected chi connectivity index (χ0v) is 17.3. The topological polar surface area (TPSA) is 125 Å². The molecule has 3 aromatic heterocycles. The zero-order valence-electron chi connectivity index (χ0n) is 17.3. The highest BCUT2D eigenvalue weighted by molar-refractivity contribution is 6.00. The van der Waals surface area contributed by atoms with Crippen molar-refractivity contribution in [3.63, 3.8) is 0 Å². The van der Waals surface area contributed by atoms with Crippen LogP contribution in [0, 0.1) is 5.82 Å². The molecule has 0 aliphatic carbocycles. The van der Waals surface area contributed by atoms with Crippen molar-refractivity contribution in [1.82, 2.24) is 25.3 Å². The molecule has 0 aliphatic rings. The Labute approximate surface area is 177 Å². The van der Waals surface area contributed by atoms with Gasteiger partial charge in [-0.05, 0) is 12.1 Å². The minimum absolute atomic E-state index is 0.0214. The average molecular weight is 427 g/mol. The molecule has 0 aromatic carbocycles. The van der Waals surface area contributed by atoms with Gasteiger partial charge in [-0.25, -0.2) is 14.4 Å². The lowest BCUT2D eigenvalue weighted by Crippen LogP contribution is -2.27. The van der Waals surface area contributed by atoms with Gasteiger partial charge in [0.1, 0.15) is 17.8 Å². The number of amides is 1. The Morgan fingerprint density at radius 1 is 1.26 bits per heavy atom. The van der Waals surface area contributed by atoms with Gasteiger partial charge < -0.3 is 25.3 Å². The fourth-order valence-electron chi connectivity index (χ4n) is 2.85. The molecule has 0 atom stereocenters. The van der Waals surface area contributed by atoms with Crippen molar-refractivity contribution in [3.05, 3.63) is 58.8 Å². The van der Waals surface area contributed by atoms with Gasteiger partial charge in [0.25, 0.3) is 11.5 Å². The number of methoxy groups -OCH3 is 1. The molecule has 3 N–H and O–H groups in total. The number of aromatic amines is 1. The first kappa shape index (κ1) is 21.8. The van der Waals surface area contributed by atoms with Gasteiger partial charge in [0.05, 0.1) is 35.3 Å². The average Bonchev–Trinajstić information content (AvgIpc) is 2.75. The van der Waals surface area contributed by atoms with E-state index in [0.29, 0.717) is 35.9 Å². The van der Waals surface area contributed by atoms with Gasteiger partial charge in [-0.2, -0.15) is 0 Å². The quantitative estimate of drug-likeness (QED) is 0.463. The molecular formula is C20H22FN7O3. The zero-order chi connectivity index (χ0) is 22.4. The molecule has 1 amide bonds. The molecule has 0 fully saturated rings. The van der Waals surface area contributed by atoms with E-state index in [2.05, 4.69) is 30.6 Å². The lowest BCUT2D eigenvalue weighted by Gasteiger charge is -2.20. The molecule has 0 spiro atoms. The van der Waals surface area contributed by atoms with Gasteiger partial charge in [0.2, 0.25) is 0 Å². The van der Waals surface area contributed by atoms with Crippen LogP contribution in [0.5, 0.6) is 0 Å². The first-order valence-electron chi connectivity index (χ1n) is 9.31. The lowest BCUT2D eigenvalue weighted by molar-refractivity contribution is 0.0937. The van der Waals surface area contributed by atoms with E-state index in [0.717, 1.165) is 12.5 Å². The van der Waals surface area contributed by atoms with Gasteiger partial charge in [-0.1, -0.05) is 0 Å². The van der Waals surface area contributed by atoms with Crippen LogP contribution < -0.4 is 21.1 Å². The summed E-state index contributed by atoms with van der Waals surface area (Å²) in [6.07, 6.45) is 5.10. The summed E-state index contributed by atoms with van der Waals surface area (Å²) >= 11 is 0. The Hall–Kier alpha value is -3.86. The Morgan fingerprint density at radius 2 is 2.06 bits per heavy atom. The van der Waals surface area contributed by atoms with Gasteiger partial charge in [0, 0.05) is 40.1 Å². The number of halogens is 1. The second-order valence-electron chi connectivity index (χ2n) is 6.68. The Morgan fingerprint density at radius 3 is 2.77 bits per heavy atom. The minimum Gasteiger partial charge on any atom is -0.383 e. The molecule has 0 saturated heterocycles. The summed E-state index contributed by atoms with van der Waals surface area (Å²) < 4.78 is 19.2. The third-order valence-corrected chi connectivity index (χ3v) is 4.32. The number of carbonyl (C=O) groups excluding carboxylic acids is 1. The number of hydrogen-bond donors (Lipinski definition) is 3. The maximum atomic E-state index is 14.2. The first-order chi connectivity index (χ1) is 14.9. The molecule has 3 aromatic rings. The maximum absolute atomic E-state index is 14.2. The van der Waals surface area contributed by atoms with Gasteiger partial charge in [0.15, 0.2) is 5.82 Å². The Balaban J connectivity index is 2.04. The standard InChI is InChI=1S/C20H22FN7O3/c1-28(2)18-16(8-12(20(30)27-18)17-14(21)10-23-11-25-17)26-15-4-5-22-9-13(15)19(29)24-6-7-31-3/h4-5,8-11H,6-7H2,1-3H3,(H,22,26)(H,24,29)(H,27,30). The van der Waals surface area contributed by atoms with Gasteiger partial charge in [-0.3, -0.25) is 14.6 Å². The smallest absolute Gasteiger partial charge is 0.259 e. The van der Waals surface area contributed by atoms with Crippen LogP contribution in [0.2, 0.25) is 0 Å². The summed E-state index contributed by atoms with van der Waals surface area (Å²) in [4.78, 5) is 41.1. The minimum atomic E-state index is -0.723. The number of hydrogen-bond acceptors (Lipinski definition) is 8. The number of nitrogens with zero attached hydrogens (tertiary/aromatic N) is 4. The van der Waals surface area contributed by atoms with Crippen LogP contribution in [0.15, 0.2) is 41.8 Å². The molecule has 0 saturated carbocycles. The molecule has 31 heavy (non-hydrogen) atoms. The van der Waals surface area contributed by atoms with Crippen molar-refractivity contribution in [2.24, 2.45) is 0 Å². The summed E-state index contributed by atoms with van der Waals surface area (Å²) in [5.74, 6) is -0.630. The molecule has 162 valence electrons. The second kappa shape index (κ2) is 9.76. The van der Waals surface area contributed by atoms with Crippen LogP contribution in [0.25, 0.3) is 11.3 Å². The Kier molecular flexibility index (Phi) is 6.88. The second-order valence-corrected chi connectivity index (χ2v) is 6.68. The maximum Gasteiger partial charge on any atom is 0.259 e. The fourth-order valence-corrected chi connectivity index (χ4v) is 2.85. The Bertz CT molecular complexity index is 1130. The van der Waals surface area contributed by atoms with E-state index in [1.54, 1.807) is 32.2 Å². The summed E-state index contributed by atoms with van der Waals surface area (Å²) in [5.41, 5.74) is 0.567. The highest BCUT2D eigenvalue weighted by Gasteiger charge is 2.18. The SMILES string of the molecule is COCCNC(=O)c1cnccc1Nc1cc(-c2ncncc2F)c(=O)[nH]c1N(C)C. The predicted octanol–water partition coefficient (Wildman–Crippen LogP) is 1.55. The van der Waals surface area contributed by atoms with Gasteiger partial charge in [-0.15, -0.1) is 0 Å². The van der Waals surface area contributed by atoms with E-state index < -0.39 is 11.4 Å². The lowest BCUT2D eigenvalue weighted by atomic mass is 10.1. The fraction of sp³-hybridized carbons (Fsp3) is 0.250. The third kappa shape index (κ3) is 5.01. The molecule has 0 bridgehead atoms. The van der Waals surface area contributed by atoms with Crippen LogP contribution in [-0.2, 0) is 4.74 Å². The number of rotatable bonds is 8. The van der Waals surface area contributed by atoms with E-state index in [4.69, 9.17) is 4.74 Å². The highest BCUT2D eigenvalue weighted by atomic mass is 19.1. The summed E-state index contributed by atoms with van der Waals surface area (Å²) in [5, 5.41) is 5.88. The van der Waals surface area contributed by atoms with Crippen molar-refractivity contribution >= 4 is 23.1 Å². The largest absolute Gasteiger partial charge is 0.383 e. The van der Waals surface area contributed by atoms with Crippen molar-refractivity contribution in [3.8, 4) is 11.3 Å². The van der Waals surface area contributed by atoms with Crippen molar-refractivity contribution in [2.75, 3.05) is 44.6 Å². The van der Waals surface area contributed by atoms with Crippen LogP contribution >= 0.6 is 0 Å². The number of pyridine rings is 2. The predicted molar refractivity (Wildman–Crippen MR) is 114 cm³/mol. The van der Waals surface area contributed by atoms with Crippen molar-refractivity contribution < 1.29 is 13.9 Å². The number of ether oxygens (including phenoxy) is 1. The van der Waals surface area contributed by atoms with Crippen LogP contribution in [0.4, 0.5) is 21.6 Å². The molecule has 3 rings (SSSR count). The van der Waals surface area contributed by atoms with E-state index in [1.807, 2.05) is 0 Å². The number of anilines is 3. The van der Waals surface area contributed by atoms with Crippen LogP contribution in [0.1, 0.15) is 10.4 Å². The number of aromatic nitrogens is 4. The number of nitrogens with one attached hydrogen (secondary N) is 3. The van der Waals surface area contributed by atoms with E-state index in [-0.39, 0.29) is 17.2 Å². The summed E-state index contributed by atoms with van der Waals surface area (Å²) in [6.45, 7) is 0.704. The highest BCUT2D eigenvalue weighted by Crippen LogP contribution is 2.29. The third-order valence-electron chi connectivity index (χ3n) is 4.32. The summed E-state index contributed by atoms with van der Waals surface area (Å²) in [7, 11) is 5.03. The molecule has 10 nitrogen and oxygen atoms in total. The molecule has 0 radical (unpaired) electrons. The molecule has 11 heteroatoms. The number of carbonyl (C=O) groups is 1. The number of H-pyrrole nitrogens is 1. The normalized spacial score (nSPS) is 10.6. The van der Waals surface area contributed by atoms with E-state index >= 15 is 0 Å². The van der Waals surface area contributed by atoms with Crippen molar-refractivity contribution in [2.45, 2.75) is 0 Å². The van der Waals surface area contributed by atoms with E-state index in [1.165, 1.54) is 18.5 Å². The molecule has 3 heterocycles. The first-order valence-corrected chi connectivity index (χ1v) is 9.31. The molecule has 0 aliphatic heterocycles. The van der Waals surface area contributed by atoms with Crippen LogP contribution in [0.3, 0.4) is 0 Å².